The predicted octanol–water partition coefficient (Wildman–Crippen LogP) is 5.23. The average molecular weight is 336 g/mol. The molecule has 20 heavy (non-hydrogen) atoms. The van der Waals surface area contributed by atoms with Crippen LogP contribution in [0.5, 0.6) is 0 Å². The van der Waals surface area contributed by atoms with Gasteiger partial charge in [0.25, 0.3) is 0 Å². The fraction of sp³-hybridized carbons (Fsp3) is 0.286. The van der Waals surface area contributed by atoms with Gasteiger partial charge in [-0.2, -0.15) is 0 Å². The summed E-state index contributed by atoms with van der Waals surface area (Å²) in [4.78, 5) is 0. The van der Waals surface area contributed by atoms with E-state index in [1.807, 2.05) is 6.92 Å². The number of hydrogen-bond acceptors (Lipinski definition) is 2. The normalized spacial score (nSPS) is 12.7. The maximum atomic E-state index is 13.7. The van der Waals surface area contributed by atoms with Crippen LogP contribution in [0.2, 0.25) is 8.67 Å². The van der Waals surface area contributed by atoms with E-state index >= 15 is 0 Å². The van der Waals surface area contributed by atoms with Crippen LogP contribution in [0, 0.1) is 11.6 Å². The summed E-state index contributed by atoms with van der Waals surface area (Å²) in [5, 5.41) is 3.25. The minimum Gasteiger partial charge on any atom is -0.310 e. The van der Waals surface area contributed by atoms with Crippen molar-refractivity contribution in [3.05, 3.63) is 55.7 Å². The summed E-state index contributed by atoms with van der Waals surface area (Å²) < 4.78 is 27.9. The van der Waals surface area contributed by atoms with Gasteiger partial charge in [0.2, 0.25) is 0 Å². The summed E-state index contributed by atoms with van der Waals surface area (Å²) >= 11 is 13.4. The zero-order valence-electron chi connectivity index (χ0n) is 10.7. The smallest absolute Gasteiger partial charge is 0.129 e. The molecule has 0 aliphatic carbocycles. The fourth-order valence-corrected chi connectivity index (χ4v) is 3.62. The fourth-order valence-electron chi connectivity index (χ4n) is 2.04. The van der Waals surface area contributed by atoms with Crippen LogP contribution in [0.3, 0.4) is 0 Å². The molecule has 0 bridgehead atoms. The zero-order chi connectivity index (χ0) is 14.7. The number of rotatable bonds is 5. The Morgan fingerprint density at radius 2 is 2.00 bits per heavy atom. The minimum absolute atomic E-state index is 0.156. The van der Waals surface area contributed by atoms with Gasteiger partial charge in [-0.3, -0.25) is 0 Å². The molecule has 108 valence electrons. The molecule has 1 aromatic heterocycles. The monoisotopic (exact) mass is 335 g/mol. The van der Waals surface area contributed by atoms with E-state index in [-0.39, 0.29) is 6.04 Å². The van der Waals surface area contributed by atoms with E-state index < -0.39 is 11.6 Å². The van der Waals surface area contributed by atoms with Gasteiger partial charge in [0.05, 0.1) is 8.67 Å². The molecule has 0 aliphatic rings. The Bertz CT molecular complexity index is 601. The van der Waals surface area contributed by atoms with Gasteiger partial charge < -0.3 is 5.32 Å². The molecule has 6 heteroatoms. The zero-order valence-corrected chi connectivity index (χ0v) is 13.0. The summed E-state index contributed by atoms with van der Waals surface area (Å²) in [5.41, 5.74) is 1.28. The highest BCUT2D eigenvalue weighted by Gasteiger charge is 2.19. The van der Waals surface area contributed by atoms with Gasteiger partial charge in [-0.05, 0) is 30.7 Å². The number of hydrogen-bond donors (Lipinski definition) is 1. The number of thiophene rings is 1. The average Bonchev–Trinajstić information content (AvgIpc) is 2.71. The van der Waals surface area contributed by atoms with E-state index in [0.717, 1.165) is 11.6 Å². The Morgan fingerprint density at radius 3 is 2.55 bits per heavy atom. The second kappa shape index (κ2) is 6.85. The first-order chi connectivity index (χ1) is 9.51. The molecule has 1 N–H and O–H groups in total. The van der Waals surface area contributed by atoms with Gasteiger partial charge in [-0.15, -0.1) is 11.3 Å². The first-order valence-corrected chi connectivity index (χ1v) is 7.70. The van der Waals surface area contributed by atoms with Crippen molar-refractivity contribution in [3.8, 4) is 0 Å². The summed E-state index contributed by atoms with van der Waals surface area (Å²) in [6.45, 7) is 2.66. The molecule has 0 saturated carbocycles. The third-order valence-electron chi connectivity index (χ3n) is 2.95. The molecule has 1 nitrogen and oxygen atoms in total. The van der Waals surface area contributed by atoms with E-state index in [0.29, 0.717) is 27.2 Å². The summed E-state index contributed by atoms with van der Waals surface area (Å²) in [6.07, 6.45) is 0.382. The van der Waals surface area contributed by atoms with Crippen molar-refractivity contribution in [1.82, 2.24) is 5.32 Å². The van der Waals surface area contributed by atoms with Crippen LogP contribution in [0.25, 0.3) is 0 Å². The highest BCUT2D eigenvalue weighted by molar-refractivity contribution is 7.20. The Kier molecular flexibility index (Phi) is 5.38. The topological polar surface area (TPSA) is 12.0 Å². The van der Waals surface area contributed by atoms with Crippen molar-refractivity contribution in [1.29, 1.82) is 0 Å². The summed E-state index contributed by atoms with van der Waals surface area (Å²) in [7, 11) is 0. The predicted molar refractivity (Wildman–Crippen MR) is 80.8 cm³/mol. The molecule has 0 radical (unpaired) electrons. The maximum absolute atomic E-state index is 13.7. The maximum Gasteiger partial charge on any atom is 0.129 e. The first kappa shape index (κ1) is 15.7. The van der Waals surface area contributed by atoms with Crippen LogP contribution in [0.4, 0.5) is 8.78 Å². The van der Waals surface area contributed by atoms with Gasteiger partial charge in [-0.1, -0.05) is 36.2 Å². The molecule has 0 saturated heterocycles. The van der Waals surface area contributed by atoms with Crippen LogP contribution >= 0.6 is 34.5 Å². The quantitative estimate of drug-likeness (QED) is 0.789. The molecule has 0 fully saturated rings. The molecule has 1 aromatic carbocycles. The number of nitrogens with one attached hydrogen (secondary N) is 1. The van der Waals surface area contributed by atoms with Crippen molar-refractivity contribution in [3.63, 3.8) is 0 Å². The van der Waals surface area contributed by atoms with Crippen molar-refractivity contribution < 1.29 is 8.78 Å². The van der Waals surface area contributed by atoms with Gasteiger partial charge in [0, 0.05) is 17.7 Å². The lowest BCUT2D eigenvalue weighted by Crippen LogP contribution is -2.23. The molecule has 1 heterocycles. The molecule has 2 aromatic rings. The third-order valence-corrected chi connectivity index (χ3v) is 4.47. The van der Waals surface area contributed by atoms with Gasteiger partial charge in [0.15, 0.2) is 0 Å². The molecular weight excluding hydrogens is 323 g/mol. The summed E-state index contributed by atoms with van der Waals surface area (Å²) in [6, 6.07) is 5.22. The van der Waals surface area contributed by atoms with Crippen molar-refractivity contribution in [2.24, 2.45) is 0 Å². The Morgan fingerprint density at radius 1 is 1.25 bits per heavy atom. The lowest BCUT2D eigenvalue weighted by Gasteiger charge is -2.18. The Balaban J connectivity index is 2.27. The molecular formula is C14H13Cl2F2NS. The van der Waals surface area contributed by atoms with Gasteiger partial charge >= 0.3 is 0 Å². The van der Waals surface area contributed by atoms with Crippen LogP contribution in [0.1, 0.15) is 24.1 Å². The van der Waals surface area contributed by atoms with E-state index in [4.69, 9.17) is 23.2 Å². The molecule has 0 amide bonds. The highest BCUT2D eigenvalue weighted by atomic mass is 35.5. The van der Waals surface area contributed by atoms with E-state index in [2.05, 4.69) is 5.32 Å². The third kappa shape index (κ3) is 3.70. The molecule has 0 aliphatic heterocycles. The van der Waals surface area contributed by atoms with Crippen LogP contribution in [-0.2, 0) is 6.42 Å². The van der Waals surface area contributed by atoms with Crippen LogP contribution < -0.4 is 5.32 Å². The van der Waals surface area contributed by atoms with Crippen molar-refractivity contribution in [2.75, 3.05) is 6.54 Å². The molecule has 2 rings (SSSR count). The van der Waals surface area contributed by atoms with E-state index in [1.54, 1.807) is 6.07 Å². The first-order valence-electron chi connectivity index (χ1n) is 6.13. The Hall–Kier alpha value is -0.680. The van der Waals surface area contributed by atoms with Crippen LogP contribution in [-0.4, -0.2) is 6.54 Å². The Labute approximate surface area is 130 Å². The summed E-state index contributed by atoms with van der Waals surface area (Å²) in [5.74, 6) is -1.13. The SMILES string of the molecule is CCNC(Cc1ccc(F)cc1F)c1cc(Cl)sc1Cl. The molecule has 1 atom stereocenters. The minimum atomic E-state index is -0.581. The second-order valence-electron chi connectivity index (χ2n) is 4.33. The largest absolute Gasteiger partial charge is 0.310 e. The van der Waals surface area contributed by atoms with Crippen molar-refractivity contribution >= 4 is 34.5 Å². The lowest BCUT2D eigenvalue weighted by molar-refractivity contribution is 0.522. The lowest BCUT2D eigenvalue weighted by atomic mass is 10.0. The van der Waals surface area contributed by atoms with Crippen LogP contribution in [0.15, 0.2) is 24.3 Å². The van der Waals surface area contributed by atoms with Gasteiger partial charge in [-0.25, -0.2) is 8.78 Å². The standard InChI is InChI=1S/C14H13Cl2F2NS/c1-2-19-12(10-7-13(15)20-14(10)16)5-8-3-4-9(17)6-11(8)18/h3-4,6-7,12,19H,2,5H2,1H3. The number of halogens is 4. The second-order valence-corrected chi connectivity index (χ2v) is 6.62. The number of likely N-dealkylation sites (N-methyl/N-ethyl adjacent to an activating group) is 1. The van der Waals surface area contributed by atoms with Gasteiger partial charge in [0.1, 0.15) is 11.6 Å². The van der Waals surface area contributed by atoms with Crippen molar-refractivity contribution in [2.45, 2.75) is 19.4 Å². The highest BCUT2D eigenvalue weighted by Crippen LogP contribution is 2.36. The van der Waals surface area contributed by atoms with E-state index in [9.17, 15) is 8.78 Å². The molecule has 1 unspecified atom stereocenters. The number of benzene rings is 1. The molecule has 0 spiro atoms. The van der Waals surface area contributed by atoms with E-state index in [1.165, 1.54) is 23.5 Å².